The average molecular weight is 390 g/mol. The van der Waals surface area contributed by atoms with Gasteiger partial charge in [-0.05, 0) is 48.2 Å². The highest BCUT2D eigenvalue weighted by Crippen LogP contribution is 2.21. The molecular formula is C23H26N4O2. The van der Waals surface area contributed by atoms with E-state index in [2.05, 4.69) is 22.0 Å². The third kappa shape index (κ3) is 5.43. The number of carbonyl (C=O) groups is 2. The van der Waals surface area contributed by atoms with E-state index in [0.29, 0.717) is 12.0 Å². The van der Waals surface area contributed by atoms with Gasteiger partial charge in [0.1, 0.15) is 6.04 Å². The first-order valence-corrected chi connectivity index (χ1v) is 9.95. The maximum atomic E-state index is 12.3. The van der Waals surface area contributed by atoms with Crippen molar-refractivity contribution in [3.63, 3.8) is 0 Å². The number of amides is 2. The number of nitrogens with one attached hydrogen (secondary N) is 3. The third-order valence-electron chi connectivity index (χ3n) is 5.20. The average Bonchev–Trinajstić information content (AvgIpc) is 2.79. The number of rotatable bonds is 6. The largest absolute Gasteiger partial charge is 0.355 e. The molecule has 0 bridgehead atoms. The van der Waals surface area contributed by atoms with Crippen molar-refractivity contribution in [2.45, 2.75) is 37.8 Å². The highest BCUT2D eigenvalue weighted by molar-refractivity contribution is 5.94. The summed E-state index contributed by atoms with van der Waals surface area (Å²) < 4.78 is 0. The zero-order chi connectivity index (χ0) is 20.6. The van der Waals surface area contributed by atoms with Crippen molar-refractivity contribution in [1.29, 1.82) is 5.26 Å². The Morgan fingerprint density at radius 3 is 2.31 bits per heavy atom. The monoisotopic (exact) mass is 390 g/mol. The predicted octanol–water partition coefficient (Wildman–Crippen LogP) is 2.41. The normalized spacial score (nSPS) is 17.0. The molecule has 3 N–H and O–H groups in total. The molecule has 2 amide bonds. The van der Waals surface area contributed by atoms with Crippen LogP contribution in [0.1, 0.15) is 35.2 Å². The Hall–Kier alpha value is -3.17. The molecule has 1 aliphatic heterocycles. The second-order valence-electron chi connectivity index (χ2n) is 7.25. The van der Waals surface area contributed by atoms with Crippen molar-refractivity contribution >= 4 is 11.8 Å². The van der Waals surface area contributed by atoms with Gasteiger partial charge in [0, 0.05) is 19.0 Å². The van der Waals surface area contributed by atoms with Gasteiger partial charge in [-0.25, -0.2) is 0 Å². The molecule has 6 nitrogen and oxygen atoms in total. The van der Waals surface area contributed by atoms with E-state index in [-0.39, 0.29) is 17.9 Å². The van der Waals surface area contributed by atoms with E-state index in [4.69, 9.17) is 0 Å². The van der Waals surface area contributed by atoms with E-state index >= 15 is 0 Å². The number of piperidine rings is 1. The van der Waals surface area contributed by atoms with Crippen molar-refractivity contribution in [2.75, 3.05) is 13.6 Å². The molecular weight excluding hydrogens is 364 g/mol. The predicted molar refractivity (Wildman–Crippen MR) is 112 cm³/mol. The van der Waals surface area contributed by atoms with Gasteiger partial charge in [-0.1, -0.05) is 42.8 Å². The Kier molecular flexibility index (Phi) is 6.99. The van der Waals surface area contributed by atoms with Gasteiger partial charge < -0.3 is 16.0 Å². The minimum absolute atomic E-state index is 0.0934. The molecule has 1 fully saturated rings. The molecule has 2 atom stereocenters. The maximum absolute atomic E-state index is 12.3. The highest BCUT2D eigenvalue weighted by Gasteiger charge is 2.23. The van der Waals surface area contributed by atoms with Crippen LogP contribution in [-0.2, 0) is 11.2 Å². The molecule has 0 unspecified atom stereocenters. The molecule has 2 aromatic rings. The lowest BCUT2D eigenvalue weighted by molar-refractivity contribution is -0.124. The summed E-state index contributed by atoms with van der Waals surface area (Å²) in [6, 6.07) is 16.8. The van der Waals surface area contributed by atoms with Crippen LogP contribution in [0.4, 0.5) is 0 Å². The van der Waals surface area contributed by atoms with Crippen LogP contribution >= 0.6 is 0 Å². The Morgan fingerprint density at radius 2 is 1.76 bits per heavy atom. The van der Waals surface area contributed by atoms with Crippen molar-refractivity contribution in [1.82, 2.24) is 16.0 Å². The Bertz CT molecular complexity index is 879. The summed E-state index contributed by atoms with van der Waals surface area (Å²) in [6.07, 6.45) is 3.41. The highest BCUT2D eigenvalue weighted by atomic mass is 16.2. The quantitative estimate of drug-likeness (QED) is 0.706. The Labute approximate surface area is 171 Å². The van der Waals surface area contributed by atoms with Gasteiger partial charge in [-0.15, -0.1) is 0 Å². The van der Waals surface area contributed by atoms with Crippen LogP contribution in [0.15, 0.2) is 48.5 Å². The smallest absolute Gasteiger partial charge is 0.251 e. The number of nitriles is 1. The van der Waals surface area contributed by atoms with Crippen LogP contribution in [0.25, 0.3) is 11.1 Å². The topological polar surface area (TPSA) is 94.0 Å². The van der Waals surface area contributed by atoms with Crippen LogP contribution in [-0.4, -0.2) is 37.5 Å². The van der Waals surface area contributed by atoms with Crippen LogP contribution in [0.5, 0.6) is 0 Å². The fourth-order valence-electron chi connectivity index (χ4n) is 3.50. The molecule has 0 saturated carbocycles. The van der Waals surface area contributed by atoms with E-state index < -0.39 is 6.04 Å². The van der Waals surface area contributed by atoms with Crippen LogP contribution < -0.4 is 16.0 Å². The van der Waals surface area contributed by atoms with E-state index in [1.807, 2.05) is 36.4 Å². The summed E-state index contributed by atoms with van der Waals surface area (Å²) in [5.74, 6) is -0.205. The molecule has 150 valence electrons. The van der Waals surface area contributed by atoms with E-state index in [9.17, 15) is 14.9 Å². The number of hydrogen-bond donors (Lipinski definition) is 3. The van der Waals surface area contributed by atoms with Crippen molar-refractivity contribution in [3.05, 3.63) is 59.7 Å². The summed E-state index contributed by atoms with van der Waals surface area (Å²) in [5, 5.41) is 18.1. The zero-order valence-electron chi connectivity index (χ0n) is 16.6. The Balaban J connectivity index is 1.61. The Morgan fingerprint density at radius 1 is 1.10 bits per heavy atom. The van der Waals surface area contributed by atoms with Crippen molar-refractivity contribution < 1.29 is 9.59 Å². The lowest BCUT2D eigenvalue weighted by atomic mass is 9.99. The summed E-state index contributed by atoms with van der Waals surface area (Å²) >= 11 is 0. The van der Waals surface area contributed by atoms with Crippen LogP contribution in [0.3, 0.4) is 0 Å². The standard InChI is InChI=1S/C23H26N4O2/c1-25-22(28)19-11-9-18(10-12-19)17-7-5-16(6-8-17)14-20(15-24)27-23(29)21-4-2-3-13-26-21/h5-12,20-21,26H,2-4,13-14H2,1H3,(H,25,28)(H,27,29)/t20-,21-/m0/s1. The summed E-state index contributed by atoms with van der Waals surface area (Å²) in [6.45, 7) is 0.848. The molecule has 29 heavy (non-hydrogen) atoms. The molecule has 1 heterocycles. The van der Waals surface area contributed by atoms with Gasteiger partial charge in [0.15, 0.2) is 0 Å². The lowest BCUT2D eigenvalue weighted by Crippen LogP contribution is -2.49. The molecule has 1 aliphatic rings. The van der Waals surface area contributed by atoms with Crippen molar-refractivity contribution in [3.8, 4) is 17.2 Å². The van der Waals surface area contributed by atoms with E-state index in [1.165, 1.54) is 0 Å². The molecule has 0 aliphatic carbocycles. The van der Waals surface area contributed by atoms with E-state index in [1.54, 1.807) is 19.2 Å². The van der Waals surface area contributed by atoms with Gasteiger partial charge in [-0.3, -0.25) is 9.59 Å². The zero-order valence-corrected chi connectivity index (χ0v) is 16.6. The first-order chi connectivity index (χ1) is 14.1. The van der Waals surface area contributed by atoms with Gasteiger partial charge in [0.25, 0.3) is 5.91 Å². The maximum Gasteiger partial charge on any atom is 0.251 e. The van der Waals surface area contributed by atoms with Gasteiger partial charge in [0.05, 0.1) is 12.1 Å². The van der Waals surface area contributed by atoms with E-state index in [0.717, 1.165) is 42.5 Å². The van der Waals surface area contributed by atoms with Gasteiger partial charge in [0.2, 0.25) is 5.91 Å². The minimum Gasteiger partial charge on any atom is -0.355 e. The molecule has 0 aromatic heterocycles. The summed E-state index contributed by atoms with van der Waals surface area (Å²) in [7, 11) is 1.61. The molecule has 0 radical (unpaired) electrons. The molecule has 3 rings (SSSR count). The lowest BCUT2D eigenvalue weighted by Gasteiger charge is -2.23. The van der Waals surface area contributed by atoms with Gasteiger partial charge >= 0.3 is 0 Å². The third-order valence-corrected chi connectivity index (χ3v) is 5.20. The first-order valence-electron chi connectivity index (χ1n) is 9.95. The fourth-order valence-corrected chi connectivity index (χ4v) is 3.50. The SMILES string of the molecule is CNC(=O)c1ccc(-c2ccc(C[C@@H](C#N)NC(=O)[C@@H]3CCCCN3)cc2)cc1. The van der Waals surface area contributed by atoms with Crippen LogP contribution in [0, 0.1) is 11.3 Å². The van der Waals surface area contributed by atoms with Crippen molar-refractivity contribution in [2.24, 2.45) is 0 Å². The number of hydrogen-bond acceptors (Lipinski definition) is 4. The van der Waals surface area contributed by atoms with Gasteiger partial charge in [-0.2, -0.15) is 5.26 Å². The minimum atomic E-state index is -0.552. The molecule has 0 spiro atoms. The number of carbonyl (C=O) groups excluding carboxylic acids is 2. The first kappa shape index (κ1) is 20.6. The second-order valence-corrected chi connectivity index (χ2v) is 7.25. The molecule has 1 saturated heterocycles. The summed E-state index contributed by atoms with van der Waals surface area (Å²) in [4.78, 5) is 24.0. The van der Waals surface area contributed by atoms with Crippen LogP contribution in [0.2, 0.25) is 0 Å². The number of nitrogens with zero attached hydrogens (tertiary/aromatic N) is 1. The number of benzene rings is 2. The fraction of sp³-hybridized carbons (Fsp3) is 0.348. The summed E-state index contributed by atoms with van der Waals surface area (Å²) in [5.41, 5.74) is 3.64. The second kappa shape index (κ2) is 9.85. The molecule has 2 aromatic carbocycles. The molecule has 6 heteroatoms.